The molecule has 1 N–H and O–H groups in total. The third-order valence-electron chi connectivity index (χ3n) is 3.46. The SMILES string of the molecule is C=CCCCCCC(NC)c1ccc(S(C)(=O)=O)cc1. The molecule has 20 heavy (non-hydrogen) atoms. The van der Waals surface area contributed by atoms with Crippen LogP contribution in [0.25, 0.3) is 0 Å². The summed E-state index contributed by atoms with van der Waals surface area (Å²) in [6.45, 7) is 3.72. The summed E-state index contributed by atoms with van der Waals surface area (Å²) in [6, 6.07) is 7.47. The Morgan fingerprint density at radius 3 is 2.35 bits per heavy atom. The minimum Gasteiger partial charge on any atom is -0.313 e. The molecule has 112 valence electrons. The predicted molar refractivity (Wildman–Crippen MR) is 84.6 cm³/mol. The first kappa shape index (κ1) is 16.9. The lowest BCUT2D eigenvalue weighted by Gasteiger charge is -2.16. The van der Waals surface area contributed by atoms with Crippen molar-refractivity contribution in [1.82, 2.24) is 5.32 Å². The molecule has 0 heterocycles. The van der Waals surface area contributed by atoms with Gasteiger partial charge in [-0.05, 0) is 44.0 Å². The number of allylic oxidation sites excluding steroid dienone is 1. The summed E-state index contributed by atoms with van der Waals surface area (Å²) in [5.41, 5.74) is 1.14. The van der Waals surface area contributed by atoms with Crippen LogP contribution in [-0.2, 0) is 9.84 Å². The minimum atomic E-state index is -3.11. The number of nitrogens with one attached hydrogen (secondary N) is 1. The molecule has 1 rings (SSSR count). The highest BCUT2D eigenvalue weighted by Crippen LogP contribution is 2.21. The fraction of sp³-hybridized carbons (Fsp3) is 0.500. The summed E-state index contributed by atoms with van der Waals surface area (Å²) in [5.74, 6) is 0. The summed E-state index contributed by atoms with van der Waals surface area (Å²) in [6.07, 6.45) is 8.88. The smallest absolute Gasteiger partial charge is 0.175 e. The van der Waals surface area contributed by atoms with E-state index in [0.717, 1.165) is 24.8 Å². The van der Waals surface area contributed by atoms with Crippen LogP contribution in [0.5, 0.6) is 0 Å². The molecule has 4 heteroatoms. The lowest BCUT2D eigenvalue weighted by molar-refractivity contribution is 0.507. The lowest BCUT2D eigenvalue weighted by Crippen LogP contribution is -2.16. The van der Waals surface area contributed by atoms with Crippen LogP contribution in [-0.4, -0.2) is 21.7 Å². The fourth-order valence-electron chi connectivity index (χ4n) is 2.24. The first-order chi connectivity index (χ1) is 9.49. The van der Waals surface area contributed by atoms with E-state index >= 15 is 0 Å². The van der Waals surface area contributed by atoms with Crippen molar-refractivity contribution in [2.75, 3.05) is 13.3 Å². The molecule has 0 aliphatic heterocycles. The molecule has 0 radical (unpaired) electrons. The summed E-state index contributed by atoms with van der Waals surface area (Å²) in [5, 5.41) is 3.30. The molecule has 1 atom stereocenters. The van der Waals surface area contributed by atoms with E-state index in [-0.39, 0.29) is 6.04 Å². The van der Waals surface area contributed by atoms with Gasteiger partial charge < -0.3 is 5.32 Å². The zero-order valence-corrected chi connectivity index (χ0v) is 13.2. The number of sulfone groups is 1. The number of hydrogen-bond donors (Lipinski definition) is 1. The molecular weight excluding hydrogens is 270 g/mol. The molecule has 1 aromatic carbocycles. The molecule has 0 aliphatic rings. The Hall–Kier alpha value is -1.13. The Morgan fingerprint density at radius 1 is 1.20 bits per heavy atom. The van der Waals surface area contributed by atoms with Crippen LogP contribution in [0.4, 0.5) is 0 Å². The van der Waals surface area contributed by atoms with Crippen LogP contribution < -0.4 is 5.32 Å². The van der Waals surface area contributed by atoms with Gasteiger partial charge in [0.2, 0.25) is 0 Å². The van der Waals surface area contributed by atoms with E-state index in [9.17, 15) is 8.42 Å². The maximum atomic E-state index is 11.4. The van der Waals surface area contributed by atoms with Gasteiger partial charge in [-0.1, -0.05) is 31.1 Å². The zero-order valence-electron chi connectivity index (χ0n) is 12.4. The van der Waals surface area contributed by atoms with E-state index in [4.69, 9.17) is 0 Å². The van der Waals surface area contributed by atoms with Crippen LogP contribution >= 0.6 is 0 Å². The third-order valence-corrected chi connectivity index (χ3v) is 4.59. The van der Waals surface area contributed by atoms with Crippen molar-refractivity contribution in [3.63, 3.8) is 0 Å². The molecule has 0 fully saturated rings. The maximum Gasteiger partial charge on any atom is 0.175 e. The van der Waals surface area contributed by atoms with E-state index in [2.05, 4.69) is 11.9 Å². The van der Waals surface area contributed by atoms with E-state index in [0.29, 0.717) is 4.90 Å². The van der Waals surface area contributed by atoms with Gasteiger partial charge in [0.15, 0.2) is 9.84 Å². The highest BCUT2D eigenvalue weighted by atomic mass is 32.2. The van der Waals surface area contributed by atoms with Gasteiger partial charge in [0, 0.05) is 12.3 Å². The molecule has 1 aromatic rings. The number of benzene rings is 1. The number of hydrogen-bond acceptors (Lipinski definition) is 3. The van der Waals surface area contributed by atoms with Crippen molar-refractivity contribution in [3.8, 4) is 0 Å². The molecule has 0 amide bonds. The van der Waals surface area contributed by atoms with Crippen LogP contribution in [0.2, 0.25) is 0 Å². The second-order valence-electron chi connectivity index (χ2n) is 5.11. The van der Waals surface area contributed by atoms with Crippen molar-refractivity contribution >= 4 is 9.84 Å². The fourth-order valence-corrected chi connectivity index (χ4v) is 2.87. The zero-order chi connectivity index (χ0) is 15.0. The van der Waals surface area contributed by atoms with E-state index in [1.54, 1.807) is 12.1 Å². The van der Waals surface area contributed by atoms with Gasteiger partial charge in [-0.2, -0.15) is 0 Å². The van der Waals surface area contributed by atoms with Gasteiger partial charge in [-0.3, -0.25) is 0 Å². The monoisotopic (exact) mass is 295 g/mol. The van der Waals surface area contributed by atoms with Crippen molar-refractivity contribution in [2.45, 2.75) is 43.0 Å². The van der Waals surface area contributed by atoms with Crippen LogP contribution in [0.1, 0.15) is 43.7 Å². The van der Waals surface area contributed by atoms with Gasteiger partial charge in [-0.25, -0.2) is 8.42 Å². The predicted octanol–water partition coefficient (Wildman–Crippen LogP) is 3.49. The van der Waals surface area contributed by atoms with Crippen LogP contribution in [0, 0.1) is 0 Å². The Bertz CT molecular complexity index is 506. The third kappa shape index (κ3) is 5.47. The molecular formula is C16H25NO2S. The van der Waals surface area contributed by atoms with Crippen molar-refractivity contribution in [3.05, 3.63) is 42.5 Å². The normalized spacial score (nSPS) is 13.1. The highest BCUT2D eigenvalue weighted by Gasteiger charge is 2.11. The minimum absolute atomic E-state index is 0.285. The summed E-state index contributed by atoms with van der Waals surface area (Å²) >= 11 is 0. The Morgan fingerprint density at radius 2 is 1.85 bits per heavy atom. The highest BCUT2D eigenvalue weighted by molar-refractivity contribution is 7.90. The molecule has 0 aliphatic carbocycles. The first-order valence-electron chi connectivity index (χ1n) is 7.07. The maximum absolute atomic E-state index is 11.4. The Labute approximate surface area is 123 Å². The molecule has 3 nitrogen and oxygen atoms in total. The number of unbranched alkanes of at least 4 members (excludes halogenated alkanes) is 3. The van der Waals surface area contributed by atoms with Gasteiger partial charge >= 0.3 is 0 Å². The largest absolute Gasteiger partial charge is 0.313 e. The second kappa shape index (κ2) is 8.22. The summed E-state index contributed by atoms with van der Waals surface area (Å²) in [7, 11) is -1.17. The molecule has 0 spiro atoms. The standard InChI is InChI=1S/C16H25NO2S/c1-4-5-6-7-8-9-16(17-2)14-10-12-15(13-11-14)20(3,18)19/h4,10-13,16-17H,1,5-9H2,2-3H3. The average molecular weight is 295 g/mol. The topological polar surface area (TPSA) is 46.2 Å². The van der Waals surface area contributed by atoms with E-state index in [1.807, 2.05) is 25.3 Å². The molecule has 0 aromatic heterocycles. The van der Waals surface area contributed by atoms with Crippen LogP contribution in [0.3, 0.4) is 0 Å². The quantitative estimate of drug-likeness (QED) is 0.560. The molecule has 0 saturated carbocycles. The van der Waals surface area contributed by atoms with Gasteiger partial charge in [0.25, 0.3) is 0 Å². The Kier molecular flexibility index (Phi) is 6.96. The van der Waals surface area contributed by atoms with Crippen molar-refractivity contribution in [2.24, 2.45) is 0 Å². The second-order valence-corrected chi connectivity index (χ2v) is 7.12. The van der Waals surface area contributed by atoms with Gasteiger partial charge in [-0.15, -0.1) is 6.58 Å². The number of rotatable bonds is 9. The molecule has 0 bridgehead atoms. The van der Waals surface area contributed by atoms with Crippen molar-refractivity contribution in [1.29, 1.82) is 0 Å². The van der Waals surface area contributed by atoms with E-state index in [1.165, 1.54) is 19.1 Å². The Balaban J connectivity index is 2.59. The van der Waals surface area contributed by atoms with Crippen molar-refractivity contribution < 1.29 is 8.42 Å². The molecule has 0 saturated heterocycles. The first-order valence-corrected chi connectivity index (χ1v) is 8.96. The van der Waals surface area contributed by atoms with Gasteiger partial charge in [0.05, 0.1) is 4.90 Å². The average Bonchev–Trinajstić information content (AvgIpc) is 2.42. The summed E-state index contributed by atoms with van der Waals surface area (Å²) < 4.78 is 22.9. The van der Waals surface area contributed by atoms with Crippen LogP contribution in [0.15, 0.2) is 41.8 Å². The lowest BCUT2D eigenvalue weighted by atomic mass is 10.0. The summed E-state index contributed by atoms with van der Waals surface area (Å²) in [4.78, 5) is 0.377. The van der Waals surface area contributed by atoms with Gasteiger partial charge in [0.1, 0.15) is 0 Å². The van der Waals surface area contributed by atoms with E-state index < -0.39 is 9.84 Å². The molecule has 1 unspecified atom stereocenters.